The molecule has 2 aliphatic rings. The van der Waals surface area contributed by atoms with Crippen molar-refractivity contribution in [3.63, 3.8) is 0 Å². The second-order valence-electron chi connectivity index (χ2n) is 5.23. The maximum absolute atomic E-state index is 11.9. The molecule has 0 unspecified atom stereocenters. The number of carbonyl (C=O) groups excluding carboxylic acids is 1. The molecule has 6 nitrogen and oxygen atoms in total. The number of benzene rings is 1. The average molecular weight is 277 g/mol. The summed E-state index contributed by atoms with van der Waals surface area (Å²) in [6.07, 6.45) is -0.697. The summed E-state index contributed by atoms with van der Waals surface area (Å²) >= 11 is 0. The van der Waals surface area contributed by atoms with E-state index in [0.717, 1.165) is 0 Å². The number of nitrogens with zero attached hydrogens (tertiary/aromatic N) is 1. The molecule has 6 heteroatoms. The summed E-state index contributed by atoms with van der Waals surface area (Å²) in [6.45, 7) is 1.02. The number of ether oxygens (including phenoxy) is 2. The van der Waals surface area contributed by atoms with Gasteiger partial charge in [-0.3, -0.25) is 0 Å². The molecule has 0 radical (unpaired) electrons. The van der Waals surface area contributed by atoms with E-state index >= 15 is 0 Å². The molecule has 2 fully saturated rings. The Bertz CT molecular complexity index is 524. The lowest BCUT2D eigenvalue weighted by Gasteiger charge is -2.45. The fraction of sp³-hybridized carbons (Fsp3) is 0.429. The van der Waals surface area contributed by atoms with Gasteiger partial charge in [0.15, 0.2) is 0 Å². The van der Waals surface area contributed by atoms with Gasteiger partial charge in [0.05, 0.1) is 25.3 Å². The first-order valence-corrected chi connectivity index (χ1v) is 6.46. The minimum atomic E-state index is -0.941. The first kappa shape index (κ1) is 12.9. The Morgan fingerprint density at radius 2 is 2.00 bits per heavy atom. The van der Waals surface area contributed by atoms with Crippen LogP contribution in [0.5, 0.6) is 0 Å². The smallest absolute Gasteiger partial charge is 0.407 e. The average Bonchev–Trinajstić information content (AvgIpc) is 2.82. The van der Waals surface area contributed by atoms with Gasteiger partial charge in [-0.15, -0.1) is 0 Å². The lowest BCUT2D eigenvalue weighted by atomic mass is 9.90. The van der Waals surface area contributed by atoms with Crippen molar-refractivity contribution in [2.75, 3.05) is 19.7 Å². The fourth-order valence-corrected chi connectivity index (χ4v) is 2.68. The Morgan fingerprint density at radius 3 is 2.65 bits per heavy atom. The van der Waals surface area contributed by atoms with Gasteiger partial charge in [0.2, 0.25) is 0 Å². The fourth-order valence-electron chi connectivity index (χ4n) is 2.68. The van der Waals surface area contributed by atoms with Gasteiger partial charge in [-0.2, -0.15) is 0 Å². The Labute approximate surface area is 115 Å². The summed E-state index contributed by atoms with van der Waals surface area (Å²) in [5.74, 6) is -0.370. The van der Waals surface area contributed by atoms with E-state index in [1.165, 1.54) is 4.90 Å². The zero-order valence-electron chi connectivity index (χ0n) is 10.8. The topological polar surface area (TPSA) is 76.1 Å². The number of likely N-dealkylation sites (tertiary alicyclic amines) is 1. The minimum Gasteiger partial charge on any atom is -0.465 e. The summed E-state index contributed by atoms with van der Waals surface area (Å²) in [4.78, 5) is 24.0. The predicted octanol–water partition coefficient (Wildman–Crippen LogP) is 1.36. The van der Waals surface area contributed by atoms with Crippen LogP contribution in [0.3, 0.4) is 0 Å². The van der Waals surface area contributed by atoms with Crippen molar-refractivity contribution in [2.24, 2.45) is 0 Å². The van der Waals surface area contributed by atoms with Crippen molar-refractivity contribution in [1.29, 1.82) is 0 Å². The number of amides is 1. The Morgan fingerprint density at radius 1 is 1.30 bits per heavy atom. The molecule has 1 N–H and O–H groups in total. The highest BCUT2D eigenvalue weighted by atomic mass is 16.6. The third kappa shape index (κ3) is 2.34. The molecular weight excluding hydrogens is 262 g/mol. The van der Waals surface area contributed by atoms with E-state index in [1.807, 2.05) is 6.07 Å². The Kier molecular flexibility index (Phi) is 3.10. The van der Waals surface area contributed by atoms with Gasteiger partial charge in [-0.05, 0) is 12.1 Å². The molecule has 1 spiro atoms. The van der Waals surface area contributed by atoms with Gasteiger partial charge in [0.25, 0.3) is 0 Å². The molecule has 2 heterocycles. The summed E-state index contributed by atoms with van der Waals surface area (Å²) in [7, 11) is 0. The molecule has 0 aliphatic carbocycles. The van der Waals surface area contributed by atoms with Crippen LogP contribution in [-0.4, -0.2) is 53.5 Å². The SMILES string of the molecule is O=C(O[C@H]1COC2(C1)CN(C(=O)O)C2)c1ccccc1. The highest BCUT2D eigenvalue weighted by molar-refractivity contribution is 5.89. The molecule has 1 aromatic rings. The summed E-state index contributed by atoms with van der Waals surface area (Å²) in [6, 6.07) is 8.78. The predicted molar refractivity (Wildman–Crippen MR) is 68.5 cm³/mol. The highest BCUT2D eigenvalue weighted by Crippen LogP contribution is 2.36. The Balaban J connectivity index is 1.54. The summed E-state index contributed by atoms with van der Waals surface area (Å²) in [5.41, 5.74) is 0.0502. The van der Waals surface area contributed by atoms with Gasteiger partial charge >= 0.3 is 12.1 Å². The van der Waals surface area contributed by atoms with Crippen LogP contribution in [0.15, 0.2) is 30.3 Å². The number of esters is 1. The molecule has 106 valence electrons. The molecule has 1 atom stereocenters. The molecule has 0 saturated carbocycles. The van der Waals surface area contributed by atoms with E-state index in [4.69, 9.17) is 14.6 Å². The van der Waals surface area contributed by atoms with Crippen molar-refractivity contribution in [3.05, 3.63) is 35.9 Å². The summed E-state index contributed by atoms with van der Waals surface area (Å²) < 4.78 is 11.0. The maximum atomic E-state index is 11.9. The zero-order valence-corrected chi connectivity index (χ0v) is 10.8. The van der Waals surface area contributed by atoms with Gasteiger partial charge in [0.1, 0.15) is 11.7 Å². The van der Waals surface area contributed by atoms with E-state index in [0.29, 0.717) is 31.7 Å². The van der Waals surface area contributed by atoms with E-state index < -0.39 is 11.7 Å². The number of hydrogen-bond acceptors (Lipinski definition) is 4. The first-order valence-electron chi connectivity index (χ1n) is 6.46. The van der Waals surface area contributed by atoms with Crippen LogP contribution in [0.4, 0.5) is 4.79 Å². The first-order chi connectivity index (χ1) is 9.58. The van der Waals surface area contributed by atoms with Crippen LogP contribution in [0.25, 0.3) is 0 Å². The van der Waals surface area contributed by atoms with Crippen molar-refractivity contribution in [1.82, 2.24) is 4.90 Å². The normalized spacial score (nSPS) is 23.4. The zero-order chi connectivity index (χ0) is 14.2. The van der Waals surface area contributed by atoms with Gasteiger partial charge in [-0.25, -0.2) is 9.59 Å². The highest BCUT2D eigenvalue weighted by Gasteiger charge is 2.52. The molecule has 2 saturated heterocycles. The molecule has 1 aromatic carbocycles. The minimum absolute atomic E-state index is 0.307. The largest absolute Gasteiger partial charge is 0.465 e. The van der Waals surface area contributed by atoms with Crippen LogP contribution >= 0.6 is 0 Å². The third-order valence-corrected chi connectivity index (χ3v) is 3.69. The van der Waals surface area contributed by atoms with Crippen LogP contribution < -0.4 is 0 Å². The molecule has 0 aromatic heterocycles. The lowest BCUT2D eigenvalue weighted by Crippen LogP contribution is -2.63. The second-order valence-corrected chi connectivity index (χ2v) is 5.23. The van der Waals surface area contributed by atoms with E-state index in [2.05, 4.69) is 0 Å². The van der Waals surface area contributed by atoms with E-state index in [1.54, 1.807) is 24.3 Å². The van der Waals surface area contributed by atoms with Crippen LogP contribution in [0.2, 0.25) is 0 Å². The maximum Gasteiger partial charge on any atom is 0.407 e. The van der Waals surface area contributed by atoms with Crippen molar-refractivity contribution < 1.29 is 24.2 Å². The molecule has 2 aliphatic heterocycles. The number of hydrogen-bond donors (Lipinski definition) is 1. The van der Waals surface area contributed by atoms with E-state index in [-0.39, 0.29) is 12.1 Å². The number of carboxylic acid groups (broad SMARTS) is 1. The van der Waals surface area contributed by atoms with Crippen molar-refractivity contribution >= 4 is 12.1 Å². The van der Waals surface area contributed by atoms with Crippen molar-refractivity contribution in [3.8, 4) is 0 Å². The molecule has 3 rings (SSSR count). The van der Waals surface area contributed by atoms with Crippen LogP contribution in [0.1, 0.15) is 16.8 Å². The quantitative estimate of drug-likeness (QED) is 0.826. The van der Waals surface area contributed by atoms with Gasteiger partial charge in [0, 0.05) is 6.42 Å². The van der Waals surface area contributed by atoms with E-state index in [9.17, 15) is 9.59 Å². The van der Waals surface area contributed by atoms with Crippen LogP contribution in [-0.2, 0) is 9.47 Å². The monoisotopic (exact) mass is 277 g/mol. The third-order valence-electron chi connectivity index (χ3n) is 3.69. The standard InChI is InChI=1S/C14H15NO5/c16-12(10-4-2-1-3-5-10)20-11-6-14(19-7-11)8-15(9-14)13(17)18/h1-5,11H,6-9H2,(H,17,18)/t11-/m1/s1. The van der Waals surface area contributed by atoms with Gasteiger partial charge in [-0.1, -0.05) is 18.2 Å². The molecule has 0 bridgehead atoms. The Hall–Kier alpha value is -2.08. The lowest BCUT2D eigenvalue weighted by molar-refractivity contribution is -0.0983. The van der Waals surface area contributed by atoms with Gasteiger partial charge < -0.3 is 19.5 Å². The number of carbonyl (C=O) groups is 2. The van der Waals surface area contributed by atoms with Crippen molar-refractivity contribution in [2.45, 2.75) is 18.1 Å². The molecule has 1 amide bonds. The summed E-state index contributed by atoms with van der Waals surface area (Å²) in [5, 5.41) is 8.82. The number of rotatable bonds is 2. The van der Waals surface area contributed by atoms with Crippen LogP contribution in [0, 0.1) is 0 Å². The molecule has 20 heavy (non-hydrogen) atoms. The molecular formula is C14H15NO5. The second kappa shape index (κ2) is 4.79.